The van der Waals surface area contributed by atoms with Crippen molar-refractivity contribution >= 4 is 0 Å². The summed E-state index contributed by atoms with van der Waals surface area (Å²) in [5.74, 6) is 0. The highest BCUT2D eigenvalue weighted by Crippen LogP contribution is 1.94. The first kappa shape index (κ1) is 9.76. The Kier molecular flexibility index (Phi) is 6.71. The van der Waals surface area contributed by atoms with Gasteiger partial charge in [0.05, 0.1) is 0 Å². The molecule has 0 unspecified atom stereocenters. The molecule has 0 aromatic heterocycles. The Hall–Kier alpha value is -0.240. The Morgan fingerprint density at radius 2 is 1.10 bits per heavy atom. The first-order valence-corrected chi connectivity index (χ1v) is 2.52. The molecule has 0 atom stereocenters. The number of hydrogen-bond donors (Lipinski definition) is 3. The molecule has 3 N–H and O–H groups in total. The van der Waals surface area contributed by atoms with Crippen LogP contribution in [-0.2, 0) is 14.2 Å². The molecule has 0 amide bonds. The summed E-state index contributed by atoms with van der Waals surface area (Å²) in [4.78, 5) is 0. The maximum absolute atomic E-state index is 8.14. The molecule has 0 aliphatic rings. The van der Waals surface area contributed by atoms with E-state index in [0.717, 1.165) is 0 Å². The molecule has 6 heteroatoms. The number of ether oxygens (including phenoxy) is 3. The Morgan fingerprint density at radius 3 is 1.30 bits per heavy atom. The molecule has 10 heavy (non-hydrogen) atoms. The van der Waals surface area contributed by atoms with Gasteiger partial charge in [0.2, 0.25) is 0 Å². The molecular weight excluding hydrogens is 144 g/mol. The molecule has 0 rings (SSSR count). The van der Waals surface area contributed by atoms with Crippen molar-refractivity contribution in [2.24, 2.45) is 0 Å². The van der Waals surface area contributed by atoms with Crippen molar-refractivity contribution in [3.05, 3.63) is 0 Å². The van der Waals surface area contributed by atoms with E-state index in [1.165, 1.54) is 0 Å². The summed E-state index contributed by atoms with van der Waals surface area (Å²) in [6.45, 7) is -3.04. The number of aliphatic hydroxyl groups excluding tert-OH is 3. The van der Waals surface area contributed by atoms with E-state index in [1.807, 2.05) is 0 Å². The normalized spacial score (nSPS) is 10.8. The van der Waals surface area contributed by atoms with Crippen LogP contribution in [0.2, 0.25) is 0 Å². The minimum Gasteiger partial charge on any atom is -0.370 e. The van der Waals surface area contributed by atoms with Crippen molar-refractivity contribution in [1.29, 1.82) is 0 Å². The van der Waals surface area contributed by atoms with Gasteiger partial charge in [-0.3, -0.25) is 0 Å². The highest BCUT2D eigenvalue weighted by molar-refractivity contribution is 4.14. The number of aliphatic hydroxyl groups is 3. The molecule has 0 aliphatic heterocycles. The van der Waals surface area contributed by atoms with Crippen LogP contribution in [-0.4, -0.2) is 42.2 Å². The minimum atomic E-state index is -1.22. The molecule has 0 heterocycles. The monoisotopic (exact) mass is 154 g/mol. The van der Waals surface area contributed by atoms with E-state index in [1.54, 1.807) is 0 Å². The molecule has 0 bridgehead atoms. The van der Waals surface area contributed by atoms with Crippen molar-refractivity contribution in [2.45, 2.75) is 6.48 Å². The summed E-state index contributed by atoms with van der Waals surface area (Å²) in [7, 11) is 0. The van der Waals surface area contributed by atoms with E-state index in [-0.39, 0.29) is 0 Å². The molecule has 0 aromatic rings. The van der Waals surface area contributed by atoms with Crippen LogP contribution in [0.4, 0.5) is 0 Å². The summed E-state index contributed by atoms with van der Waals surface area (Å²) < 4.78 is 12.9. The van der Waals surface area contributed by atoms with E-state index in [4.69, 9.17) is 15.3 Å². The maximum Gasteiger partial charge on any atom is 0.277 e. The molecule has 0 spiro atoms. The molecule has 0 aliphatic carbocycles. The predicted octanol–water partition coefficient (Wildman–Crippen LogP) is -1.83. The number of rotatable bonds is 6. The van der Waals surface area contributed by atoms with Crippen molar-refractivity contribution in [1.82, 2.24) is 0 Å². The van der Waals surface area contributed by atoms with Gasteiger partial charge < -0.3 is 29.5 Å². The van der Waals surface area contributed by atoms with Crippen LogP contribution >= 0.6 is 0 Å². The van der Waals surface area contributed by atoms with Crippen LogP contribution < -0.4 is 0 Å². The summed E-state index contributed by atoms with van der Waals surface area (Å²) >= 11 is 0. The zero-order valence-electron chi connectivity index (χ0n) is 5.27. The fourth-order valence-electron chi connectivity index (χ4n) is 0.327. The second-order valence-corrected chi connectivity index (χ2v) is 1.18. The van der Waals surface area contributed by atoms with E-state index >= 15 is 0 Å². The van der Waals surface area contributed by atoms with Crippen molar-refractivity contribution in [3.63, 3.8) is 0 Å². The van der Waals surface area contributed by atoms with Crippen molar-refractivity contribution < 1.29 is 29.5 Å². The Morgan fingerprint density at radius 1 is 0.800 bits per heavy atom. The highest BCUT2D eigenvalue weighted by Gasteiger charge is 2.06. The average molecular weight is 154 g/mol. The Bertz CT molecular complexity index is 52.5. The molecule has 0 saturated carbocycles. The molecule has 0 aromatic carbocycles. The third kappa shape index (κ3) is 4.62. The van der Waals surface area contributed by atoms with Gasteiger partial charge in [0, 0.05) is 0 Å². The lowest BCUT2D eigenvalue weighted by Crippen LogP contribution is -2.22. The van der Waals surface area contributed by atoms with Crippen LogP contribution in [0.15, 0.2) is 0 Å². The van der Waals surface area contributed by atoms with Gasteiger partial charge in [-0.15, -0.1) is 0 Å². The first-order chi connectivity index (χ1) is 4.85. The van der Waals surface area contributed by atoms with Gasteiger partial charge in [-0.2, -0.15) is 0 Å². The fourth-order valence-corrected chi connectivity index (χ4v) is 0.327. The van der Waals surface area contributed by atoms with Crippen LogP contribution in [0, 0.1) is 0 Å². The lowest BCUT2D eigenvalue weighted by atomic mass is 11.1. The Balaban J connectivity index is 3.30. The molecule has 6 nitrogen and oxygen atoms in total. The van der Waals surface area contributed by atoms with E-state index in [0.29, 0.717) is 0 Å². The summed E-state index contributed by atoms with van der Waals surface area (Å²) in [6, 6.07) is 0. The highest BCUT2D eigenvalue weighted by atomic mass is 16.9. The summed E-state index contributed by atoms with van der Waals surface area (Å²) in [6.07, 6.45) is 0. The second kappa shape index (κ2) is 6.87. The van der Waals surface area contributed by atoms with Gasteiger partial charge in [0.1, 0.15) is 20.4 Å². The zero-order chi connectivity index (χ0) is 7.82. The maximum atomic E-state index is 8.14. The summed E-state index contributed by atoms with van der Waals surface area (Å²) in [5.41, 5.74) is 0. The SMILES string of the molecule is OCOC(OCO)OCO. The second-order valence-electron chi connectivity index (χ2n) is 1.18. The average Bonchev–Trinajstić information content (AvgIpc) is 1.90. The van der Waals surface area contributed by atoms with Gasteiger partial charge in [-0.1, -0.05) is 0 Å². The molecule has 0 saturated heterocycles. The fraction of sp³-hybridized carbons (Fsp3) is 1.00. The summed E-state index contributed by atoms with van der Waals surface area (Å²) in [5, 5.41) is 24.4. The predicted molar refractivity (Wildman–Crippen MR) is 28.3 cm³/mol. The van der Waals surface area contributed by atoms with Gasteiger partial charge in [-0.25, -0.2) is 0 Å². The first-order valence-electron chi connectivity index (χ1n) is 2.52. The van der Waals surface area contributed by atoms with Gasteiger partial charge in [0.15, 0.2) is 0 Å². The van der Waals surface area contributed by atoms with Crippen molar-refractivity contribution in [3.8, 4) is 0 Å². The minimum absolute atomic E-state index is 0.606. The van der Waals surface area contributed by atoms with Gasteiger partial charge in [-0.05, 0) is 0 Å². The molecule has 0 radical (unpaired) electrons. The lowest BCUT2D eigenvalue weighted by molar-refractivity contribution is -0.338. The van der Waals surface area contributed by atoms with Crippen LogP contribution in [0.5, 0.6) is 0 Å². The standard InChI is InChI=1S/C4H10O6/c5-1-8-4(9-2-6)10-3-7/h4-7H,1-3H2. The van der Waals surface area contributed by atoms with Gasteiger partial charge >= 0.3 is 0 Å². The quantitative estimate of drug-likeness (QED) is 0.390. The van der Waals surface area contributed by atoms with Gasteiger partial charge in [0.25, 0.3) is 6.48 Å². The van der Waals surface area contributed by atoms with Crippen LogP contribution in [0.3, 0.4) is 0 Å². The van der Waals surface area contributed by atoms with E-state index in [2.05, 4.69) is 14.2 Å². The largest absolute Gasteiger partial charge is 0.370 e. The lowest BCUT2D eigenvalue weighted by Gasteiger charge is -2.13. The molecular formula is C4H10O6. The topological polar surface area (TPSA) is 88.4 Å². The van der Waals surface area contributed by atoms with Crippen LogP contribution in [0.25, 0.3) is 0 Å². The molecule has 62 valence electrons. The van der Waals surface area contributed by atoms with Crippen LogP contribution in [0.1, 0.15) is 0 Å². The van der Waals surface area contributed by atoms with E-state index < -0.39 is 26.9 Å². The van der Waals surface area contributed by atoms with Crippen molar-refractivity contribution in [2.75, 3.05) is 20.4 Å². The number of hydrogen-bond acceptors (Lipinski definition) is 6. The smallest absolute Gasteiger partial charge is 0.277 e. The zero-order valence-corrected chi connectivity index (χ0v) is 5.27. The Labute approximate surface area is 57.6 Å². The van der Waals surface area contributed by atoms with E-state index in [9.17, 15) is 0 Å². The third-order valence-corrected chi connectivity index (χ3v) is 0.632. The third-order valence-electron chi connectivity index (χ3n) is 0.632. The molecule has 0 fully saturated rings.